The Balaban J connectivity index is 2.26. The highest BCUT2D eigenvalue weighted by atomic mass is 19.1. The summed E-state index contributed by atoms with van der Waals surface area (Å²) in [6, 6.07) is 10.3. The summed E-state index contributed by atoms with van der Waals surface area (Å²) >= 11 is 0. The molecule has 0 N–H and O–H groups in total. The minimum absolute atomic E-state index is 0.00695. The largest absolute Gasteiger partial charge is 0.493 e. The summed E-state index contributed by atoms with van der Waals surface area (Å²) in [6.45, 7) is 2.27. The highest BCUT2D eigenvalue weighted by molar-refractivity contribution is 6.06. The van der Waals surface area contributed by atoms with Crippen molar-refractivity contribution < 1.29 is 32.6 Å². The Morgan fingerprint density at radius 3 is 2.19 bits per heavy atom. The minimum Gasteiger partial charge on any atom is -0.493 e. The predicted molar refractivity (Wildman–Crippen MR) is 112 cm³/mol. The summed E-state index contributed by atoms with van der Waals surface area (Å²) in [6.07, 6.45) is 1.58. The van der Waals surface area contributed by atoms with Crippen molar-refractivity contribution in [3.63, 3.8) is 0 Å². The number of aromatic nitrogens is 2. The van der Waals surface area contributed by atoms with Crippen LogP contribution in [-0.2, 0) is 9.47 Å². The molecular formula is C23H22F2N2O5. The second kappa shape index (κ2) is 10.0. The molecule has 168 valence electrons. The van der Waals surface area contributed by atoms with Crippen molar-refractivity contribution in [3.8, 4) is 22.7 Å². The number of halogens is 2. The fourth-order valence-electron chi connectivity index (χ4n) is 3.12. The number of benzene rings is 2. The highest BCUT2D eigenvalue weighted by Crippen LogP contribution is 2.34. The topological polar surface area (TPSA) is 79.7 Å². The molecule has 0 aliphatic rings. The van der Waals surface area contributed by atoms with Gasteiger partial charge in [0.2, 0.25) is 0 Å². The van der Waals surface area contributed by atoms with Gasteiger partial charge in [0, 0.05) is 12.1 Å². The SMILES string of the molecule is CCCCOc1cc(F)c(-c2nn(-c3ccccc3)c(C(=O)OC)c2C(=O)OC)c(F)c1. The number of nitrogens with zero attached hydrogens (tertiary/aromatic N) is 2. The number of carbonyl (C=O) groups is 2. The molecule has 2 aromatic carbocycles. The Bertz CT molecular complexity index is 1110. The number of para-hydroxylation sites is 1. The van der Waals surface area contributed by atoms with Crippen LogP contribution < -0.4 is 4.74 Å². The molecule has 0 aliphatic heterocycles. The number of carbonyl (C=O) groups excluding carboxylic acids is 2. The molecule has 0 radical (unpaired) electrons. The van der Waals surface area contributed by atoms with Gasteiger partial charge in [-0.15, -0.1) is 0 Å². The molecule has 0 spiro atoms. The second-order valence-electron chi connectivity index (χ2n) is 6.77. The molecule has 0 bridgehead atoms. The Morgan fingerprint density at radius 2 is 1.62 bits per heavy atom. The molecule has 0 fully saturated rings. The average Bonchev–Trinajstić information content (AvgIpc) is 3.18. The zero-order valence-corrected chi connectivity index (χ0v) is 17.9. The van der Waals surface area contributed by atoms with Gasteiger partial charge < -0.3 is 14.2 Å². The van der Waals surface area contributed by atoms with Crippen molar-refractivity contribution in [1.29, 1.82) is 0 Å². The summed E-state index contributed by atoms with van der Waals surface area (Å²) in [7, 11) is 2.21. The Hall–Kier alpha value is -3.75. The van der Waals surface area contributed by atoms with Gasteiger partial charge in [0.1, 0.15) is 28.6 Å². The van der Waals surface area contributed by atoms with Gasteiger partial charge in [0.15, 0.2) is 5.69 Å². The predicted octanol–water partition coefficient (Wildman–Crippen LogP) is 4.57. The molecule has 3 rings (SSSR count). The number of methoxy groups -OCH3 is 2. The minimum atomic E-state index is -1.00. The summed E-state index contributed by atoms with van der Waals surface area (Å²) in [5.74, 6) is -3.92. The fraction of sp³-hybridized carbons (Fsp3) is 0.261. The molecule has 0 aliphatic carbocycles. The Morgan fingerprint density at radius 1 is 1.00 bits per heavy atom. The molecule has 32 heavy (non-hydrogen) atoms. The number of unbranched alkanes of at least 4 members (excludes halogenated alkanes) is 1. The molecule has 9 heteroatoms. The van der Waals surface area contributed by atoms with E-state index in [-0.39, 0.29) is 11.4 Å². The van der Waals surface area contributed by atoms with Crippen LogP contribution in [0.4, 0.5) is 8.78 Å². The normalized spacial score (nSPS) is 10.7. The van der Waals surface area contributed by atoms with E-state index in [0.29, 0.717) is 12.3 Å². The molecular weight excluding hydrogens is 422 g/mol. The van der Waals surface area contributed by atoms with E-state index in [0.717, 1.165) is 43.9 Å². The molecule has 0 amide bonds. The van der Waals surface area contributed by atoms with Crippen LogP contribution in [0.2, 0.25) is 0 Å². The van der Waals surface area contributed by atoms with E-state index in [1.165, 1.54) is 0 Å². The van der Waals surface area contributed by atoms with Crippen LogP contribution >= 0.6 is 0 Å². The van der Waals surface area contributed by atoms with E-state index in [2.05, 4.69) is 5.10 Å². The van der Waals surface area contributed by atoms with Gasteiger partial charge in [-0.25, -0.2) is 23.1 Å². The molecule has 3 aromatic rings. The number of hydrogen-bond donors (Lipinski definition) is 0. The highest BCUT2D eigenvalue weighted by Gasteiger charge is 2.33. The molecule has 7 nitrogen and oxygen atoms in total. The second-order valence-corrected chi connectivity index (χ2v) is 6.77. The van der Waals surface area contributed by atoms with Gasteiger partial charge in [-0.2, -0.15) is 5.10 Å². The number of hydrogen-bond acceptors (Lipinski definition) is 6. The van der Waals surface area contributed by atoms with Crippen LogP contribution in [0.15, 0.2) is 42.5 Å². The lowest BCUT2D eigenvalue weighted by Gasteiger charge is -2.09. The van der Waals surface area contributed by atoms with Crippen molar-refractivity contribution in [2.75, 3.05) is 20.8 Å². The van der Waals surface area contributed by atoms with Crippen molar-refractivity contribution in [2.45, 2.75) is 19.8 Å². The molecule has 0 saturated heterocycles. The lowest BCUT2D eigenvalue weighted by Crippen LogP contribution is -2.15. The van der Waals surface area contributed by atoms with Crippen LogP contribution in [0.5, 0.6) is 5.75 Å². The fourth-order valence-corrected chi connectivity index (χ4v) is 3.12. The van der Waals surface area contributed by atoms with Crippen molar-refractivity contribution in [2.24, 2.45) is 0 Å². The first-order valence-electron chi connectivity index (χ1n) is 9.90. The summed E-state index contributed by atoms with van der Waals surface area (Å²) in [5.41, 5.74) is -1.34. The van der Waals surface area contributed by atoms with E-state index in [9.17, 15) is 9.59 Å². The van der Waals surface area contributed by atoms with Gasteiger partial charge in [0.25, 0.3) is 0 Å². The number of esters is 2. The van der Waals surface area contributed by atoms with Crippen molar-refractivity contribution in [1.82, 2.24) is 9.78 Å². The van der Waals surface area contributed by atoms with Gasteiger partial charge in [-0.1, -0.05) is 31.5 Å². The maximum Gasteiger partial charge on any atom is 0.357 e. The van der Waals surface area contributed by atoms with E-state index in [4.69, 9.17) is 14.2 Å². The van der Waals surface area contributed by atoms with E-state index >= 15 is 8.78 Å². The number of rotatable bonds is 8. The van der Waals surface area contributed by atoms with Crippen molar-refractivity contribution in [3.05, 3.63) is 65.4 Å². The van der Waals surface area contributed by atoms with Crippen LogP contribution in [0.25, 0.3) is 16.9 Å². The quantitative estimate of drug-likeness (QED) is 0.374. The summed E-state index contributed by atoms with van der Waals surface area (Å²) < 4.78 is 46.1. The van der Waals surface area contributed by atoms with Gasteiger partial charge in [-0.05, 0) is 18.6 Å². The molecule has 1 heterocycles. The first-order chi connectivity index (χ1) is 15.4. The third kappa shape index (κ3) is 4.46. The Kier molecular flexibility index (Phi) is 7.19. The lowest BCUT2D eigenvalue weighted by atomic mass is 10.0. The maximum absolute atomic E-state index is 15.0. The third-order valence-electron chi connectivity index (χ3n) is 4.67. The third-order valence-corrected chi connectivity index (χ3v) is 4.67. The van der Waals surface area contributed by atoms with Crippen LogP contribution in [-0.4, -0.2) is 42.5 Å². The molecule has 0 atom stereocenters. The maximum atomic E-state index is 15.0. The summed E-state index contributed by atoms with van der Waals surface area (Å²) in [5, 5.41) is 4.21. The smallest absolute Gasteiger partial charge is 0.357 e. The monoisotopic (exact) mass is 444 g/mol. The van der Waals surface area contributed by atoms with Gasteiger partial charge in [-0.3, -0.25) is 0 Å². The van der Waals surface area contributed by atoms with Crippen LogP contribution in [0.1, 0.15) is 40.6 Å². The first-order valence-corrected chi connectivity index (χ1v) is 9.90. The van der Waals surface area contributed by atoms with Crippen molar-refractivity contribution >= 4 is 11.9 Å². The molecule has 0 unspecified atom stereocenters. The summed E-state index contributed by atoms with van der Waals surface area (Å²) in [4.78, 5) is 25.2. The standard InChI is InChI=1S/C23H22F2N2O5/c1-4-5-11-32-15-12-16(24)18(17(25)13-15)20-19(22(28)30-2)21(23(29)31-3)27(26-20)14-9-7-6-8-10-14/h6-10,12-13H,4-5,11H2,1-3H3. The Labute approximate surface area is 183 Å². The van der Waals surface area contributed by atoms with E-state index in [1.54, 1.807) is 30.3 Å². The van der Waals surface area contributed by atoms with Crippen LogP contribution in [0, 0.1) is 11.6 Å². The number of ether oxygens (including phenoxy) is 3. The first kappa shape index (κ1) is 22.9. The van der Waals surface area contributed by atoms with Crippen LogP contribution in [0.3, 0.4) is 0 Å². The molecule has 0 saturated carbocycles. The molecule has 1 aromatic heterocycles. The van der Waals surface area contributed by atoms with Gasteiger partial charge in [0.05, 0.1) is 32.1 Å². The van der Waals surface area contributed by atoms with E-state index < -0.39 is 40.4 Å². The lowest BCUT2D eigenvalue weighted by molar-refractivity contribution is 0.0549. The zero-order chi connectivity index (χ0) is 23.3. The van der Waals surface area contributed by atoms with Gasteiger partial charge >= 0.3 is 11.9 Å². The average molecular weight is 444 g/mol. The zero-order valence-electron chi connectivity index (χ0n) is 17.9. The van der Waals surface area contributed by atoms with E-state index in [1.807, 2.05) is 6.92 Å².